The van der Waals surface area contributed by atoms with Crippen molar-refractivity contribution >= 4 is 0 Å². The van der Waals surface area contributed by atoms with Crippen molar-refractivity contribution in [2.24, 2.45) is 5.73 Å². The molecule has 1 atom stereocenters. The number of nitrogens with zero attached hydrogens (tertiary/aromatic N) is 1. The molecule has 102 valence electrons. The summed E-state index contributed by atoms with van der Waals surface area (Å²) in [5.74, 6) is 0. The van der Waals surface area contributed by atoms with Crippen LogP contribution in [-0.4, -0.2) is 43.3 Å². The normalized spacial score (nSPS) is 21.4. The number of nitrogens with two attached hydrogens (primary N) is 1. The Kier molecular flexibility index (Phi) is 7.09. The number of morpholine rings is 1. The minimum absolute atomic E-state index is 0.190. The highest BCUT2D eigenvalue weighted by molar-refractivity contribution is 4.88. The van der Waals surface area contributed by atoms with E-state index in [0.717, 1.165) is 32.8 Å². The molecule has 0 bridgehead atoms. The van der Waals surface area contributed by atoms with Crippen LogP contribution in [0.25, 0.3) is 0 Å². The van der Waals surface area contributed by atoms with E-state index in [-0.39, 0.29) is 5.54 Å². The Morgan fingerprint density at radius 2 is 1.76 bits per heavy atom. The maximum absolute atomic E-state index is 6.00. The van der Waals surface area contributed by atoms with Crippen molar-refractivity contribution in [3.63, 3.8) is 0 Å². The first-order valence-electron chi connectivity index (χ1n) is 7.26. The summed E-state index contributed by atoms with van der Waals surface area (Å²) in [6.45, 7) is 9.17. The lowest BCUT2D eigenvalue weighted by Gasteiger charge is -2.43. The quantitative estimate of drug-likeness (QED) is 0.664. The average Bonchev–Trinajstić information content (AvgIpc) is 2.39. The Labute approximate surface area is 107 Å². The van der Waals surface area contributed by atoms with Crippen molar-refractivity contribution in [3.8, 4) is 0 Å². The van der Waals surface area contributed by atoms with E-state index in [1.165, 1.54) is 38.5 Å². The van der Waals surface area contributed by atoms with Crippen LogP contribution in [0.15, 0.2) is 0 Å². The van der Waals surface area contributed by atoms with Gasteiger partial charge in [0.25, 0.3) is 0 Å². The van der Waals surface area contributed by atoms with Crippen LogP contribution in [-0.2, 0) is 4.74 Å². The molecular weight excluding hydrogens is 212 g/mol. The van der Waals surface area contributed by atoms with E-state index in [2.05, 4.69) is 18.7 Å². The Balaban J connectivity index is 2.28. The first-order chi connectivity index (χ1) is 8.23. The van der Waals surface area contributed by atoms with Gasteiger partial charge in [-0.2, -0.15) is 0 Å². The van der Waals surface area contributed by atoms with Crippen LogP contribution in [0.4, 0.5) is 0 Å². The molecule has 0 saturated carbocycles. The molecule has 1 heterocycles. The molecule has 0 aromatic carbocycles. The van der Waals surface area contributed by atoms with E-state index in [4.69, 9.17) is 10.5 Å². The van der Waals surface area contributed by atoms with E-state index in [0.29, 0.717) is 0 Å². The van der Waals surface area contributed by atoms with Gasteiger partial charge in [0, 0.05) is 25.2 Å². The van der Waals surface area contributed by atoms with Gasteiger partial charge < -0.3 is 10.5 Å². The minimum atomic E-state index is 0.190. The Hall–Kier alpha value is -0.120. The molecule has 1 rings (SSSR count). The zero-order valence-electron chi connectivity index (χ0n) is 11.7. The highest BCUT2D eigenvalue weighted by Crippen LogP contribution is 2.23. The lowest BCUT2D eigenvalue weighted by atomic mass is 9.91. The molecule has 0 amide bonds. The second kappa shape index (κ2) is 8.06. The molecule has 1 fully saturated rings. The van der Waals surface area contributed by atoms with Crippen LogP contribution in [0, 0.1) is 0 Å². The van der Waals surface area contributed by atoms with E-state index in [1.807, 2.05) is 0 Å². The van der Waals surface area contributed by atoms with Crippen LogP contribution in [0.2, 0.25) is 0 Å². The molecule has 0 aromatic heterocycles. The Morgan fingerprint density at radius 3 is 2.35 bits per heavy atom. The van der Waals surface area contributed by atoms with Gasteiger partial charge in [-0.05, 0) is 13.3 Å². The number of hydrogen-bond donors (Lipinski definition) is 1. The summed E-state index contributed by atoms with van der Waals surface area (Å²) in [6, 6.07) is 0. The van der Waals surface area contributed by atoms with Gasteiger partial charge in [0.15, 0.2) is 0 Å². The average molecular weight is 242 g/mol. The van der Waals surface area contributed by atoms with Gasteiger partial charge in [0.2, 0.25) is 0 Å². The number of rotatable bonds is 8. The first-order valence-corrected chi connectivity index (χ1v) is 7.26. The highest BCUT2D eigenvalue weighted by atomic mass is 16.5. The van der Waals surface area contributed by atoms with Crippen molar-refractivity contribution in [1.82, 2.24) is 4.90 Å². The van der Waals surface area contributed by atoms with Crippen LogP contribution in [0.1, 0.15) is 52.4 Å². The summed E-state index contributed by atoms with van der Waals surface area (Å²) < 4.78 is 5.41. The van der Waals surface area contributed by atoms with E-state index in [9.17, 15) is 0 Å². The fourth-order valence-corrected chi connectivity index (χ4v) is 2.60. The molecule has 17 heavy (non-hydrogen) atoms. The van der Waals surface area contributed by atoms with Crippen LogP contribution < -0.4 is 5.73 Å². The smallest absolute Gasteiger partial charge is 0.0594 e. The molecule has 0 spiro atoms. The summed E-state index contributed by atoms with van der Waals surface area (Å²) in [6.07, 6.45) is 7.96. The lowest BCUT2D eigenvalue weighted by Crippen LogP contribution is -2.55. The van der Waals surface area contributed by atoms with Crippen molar-refractivity contribution in [1.29, 1.82) is 0 Å². The summed E-state index contributed by atoms with van der Waals surface area (Å²) in [5, 5.41) is 0. The second-order valence-electron chi connectivity index (χ2n) is 5.46. The van der Waals surface area contributed by atoms with Crippen LogP contribution >= 0.6 is 0 Å². The lowest BCUT2D eigenvalue weighted by molar-refractivity contribution is -0.0170. The van der Waals surface area contributed by atoms with Crippen molar-refractivity contribution < 1.29 is 4.74 Å². The molecule has 3 heteroatoms. The van der Waals surface area contributed by atoms with E-state index < -0.39 is 0 Å². The highest BCUT2D eigenvalue weighted by Gasteiger charge is 2.30. The summed E-state index contributed by atoms with van der Waals surface area (Å²) in [5.41, 5.74) is 6.19. The van der Waals surface area contributed by atoms with Crippen LogP contribution in [0.5, 0.6) is 0 Å². The Morgan fingerprint density at radius 1 is 1.12 bits per heavy atom. The fraction of sp³-hybridized carbons (Fsp3) is 1.00. The Bertz CT molecular complexity index is 193. The first kappa shape index (κ1) is 14.9. The number of ether oxygens (including phenoxy) is 1. The van der Waals surface area contributed by atoms with E-state index in [1.54, 1.807) is 0 Å². The zero-order chi connectivity index (χ0) is 12.6. The summed E-state index contributed by atoms with van der Waals surface area (Å²) >= 11 is 0. The predicted octanol–water partition coefficient (Wildman–Crippen LogP) is 2.40. The van der Waals surface area contributed by atoms with Gasteiger partial charge in [0.05, 0.1) is 13.2 Å². The topological polar surface area (TPSA) is 38.5 Å². The fourth-order valence-electron chi connectivity index (χ4n) is 2.60. The van der Waals surface area contributed by atoms with E-state index >= 15 is 0 Å². The maximum atomic E-state index is 6.00. The third-order valence-electron chi connectivity index (χ3n) is 4.03. The molecule has 1 saturated heterocycles. The van der Waals surface area contributed by atoms with Crippen molar-refractivity contribution in [3.05, 3.63) is 0 Å². The largest absolute Gasteiger partial charge is 0.379 e. The van der Waals surface area contributed by atoms with Crippen molar-refractivity contribution in [2.45, 2.75) is 57.9 Å². The zero-order valence-corrected chi connectivity index (χ0v) is 11.7. The molecule has 1 aliphatic rings. The van der Waals surface area contributed by atoms with Gasteiger partial charge in [-0.25, -0.2) is 0 Å². The molecule has 0 aliphatic carbocycles. The second-order valence-corrected chi connectivity index (χ2v) is 5.46. The minimum Gasteiger partial charge on any atom is -0.379 e. The monoisotopic (exact) mass is 242 g/mol. The number of hydrogen-bond acceptors (Lipinski definition) is 3. The van der Waals surface area contributed by atoms with Gasteiger partial charge >= 0.3 is 0 Å². The van der Waals surface area contributed by atoms with Gasteiger partial charge in [0.1, 0.15) is 0 Å². The number of unbranched alkanes of at least 4 members (excludes halogenated alkanes) is 4. The summed E-state index contributed by atoms with van der Waals surface area (Å²) in [7, 11) is 0. The third-order valence-corrected chi connectivity index (χ3v) is 4.03. The molecule has 0 radical (unpaired) electrons. The van der Waals surface area contributed by atoms with Gasteiger partial charge in [-0.1, -0.05) is 39.0 Å². The molecule has 1 unspecified atom stereocenters. The summed E-state index contributed by atoms with van der Waals surface area (Å²) in [4.78, 5) is 2.52. The van der Waals surface area contributed by atoms with Crippen LogP contribution in [0.3, 0.4) is 0 Å². The van der Waals surface area contributed by atoms with Crippen molar-refractivity contribution in [2.75, 3.05) is 32.8 Å². The molecule has 2 N–H and O–H groups in total. The molecule has 3 nitrogen and oxygen atoms in total. The third kappa shape index (κ3) is 4.94. The maximum Gasteiger partial charge on any atom is 0.0594 e. The van der Waals surface area contributed by atoms with Gasteiger partial charge in [-0.3, -0.25) is 4.90 Å². The SMILES string of the molecule is CCCCCCCC(C)(CN)N1CCOCC1. The van der Waals surface area contributed by atoms with Gasteiger partial charge in [-0.15, -0.1) is 0 Å². The predicted molar refractivity (Wildman–Crippen MR) is 73.2 cm³/mol. The molecular formula is C14H30N2O. The standard InChI is InChI=1S/C14H30N2O/c1-3-4-5-6-7-8-14(2,13-15)16-9-11-17-12-10-16/h3-13,15H2,1-2H3. The molecule has 0 aromatic rings. The molecule has 1 aliphatic heterocycles.